The molecule has 1 rings (SSSR count). The van der Waals surface area contributed by atoms with Gasteiger partial charge in [0.2, 0.25) is 0 Å². The summed E-state index contributed by atoms with van der Waals surface area (Å²) in [6.45, 7) is 6.77. The minimum absolute atomic E-state index is 0.0585. The van der Waals surface area contributed by atoms with Crippen LogP contribution in [0.15, 0.2) is 6.20 Å². The zero-order valence-corrected chi connectivity index (χ0v) is 9.66. The van der Waals surface area contributed by atoms with Gasteiger partial charge in [0.05, 0.1) is 11.9 Å². The number of nitrogens with zero attached hydrogens (tertiary/aromatic N) is 2. The van der Waals surface area contributed by atoms with E-state index in [4.69, 9.17) is 5.73 Å². The van der Waals surface area contributed by atoms with E-state index in [9.17, 15) is 4.79 Å². The Bertz CT molecular complexity index is 342. The number of rotatable bonds is 2. The average Bonchev–Trinajstić information content (AvgIpc) is 2.41. The fourth-order valence-corrected chi connectivity index (χ4v) is 1.16. The highest BCUT2D eigenvalue weighted by atomic mass is 16.2. The van der Waals surface area contributed by atoms with Crippen molar-refractivity contribution < 1.29 is 4.79 Å². The summed E-state index contributed by atoms with van der Waals surface area (Å²) in [5.41, 5.74) is 6.52. The summed E-state index contributed by atoms with van der Waals surface area (Å²) in [4.78, 5) is 11.7. The molecule has 5 heteroatoms. The summed E-state index contributed by atoms with van der Waals surface area (Å²) in [6, 6.07) is 0. The van der Waals surface area contributed by atoms with Crippen molar-refractivity contribution in [2.75, 3.05) is 12.3 Å². The van der Waals surface area contributed by atoms with Crippen LogP contribution in [0.2, 0.25) is 0 Å². The van der Waals surface area contributed by atoms with Crippen molar-refractivity contribution in [1.82, 2.24) is 15.1 Å². The molecular formula is C10H18N4O. The molecule has 0 spiro atoms. The summed E-state index contributed by atoms with van der Waals surface area (Å²) < 4.78 is 1.48. The van der Waals surface area contributed by atoms with Crippen molar-refractivity contribution >= 4 is 11.6 Å². The molecule has 15 heavy (non-hydrogen) atoms. The van der Waals surface area contributed by atoms with Gasteiger partial charge in [-0.15, -0.1) is 0 Å². The molecule has 0 unspecified atom stereocenters. The zero-order chi connectivity index (χ0) is 11.6. The summed E-state index contributed by atoms with van der Waals surface area (Å²) in [5, 5.41) is 6.74. The van der Waals surface area contributed by atoms with Gasteiger partial charge in [0, 0.05) is 13.6 Å². The number of nitrogens with two attached hydrogens (primary N) is 1. The second-order valence-corrected chi connectivity index (χ2v) is 4.82. The Kier molecular flexibility index (Phi) is 3.02. The van der Waals surface area contributed by atoms with Crippen LogP contribution >= 0.6 is 0 Å². The smallest absolute Gasteiger partial charge is 0.271 e. The van der Waals surface area contributed by atoms with E-state index in [1.807, 2.05) is 0 Å². The standard InChI is InChI=1S/C10H18N4O/c1-10(2,3)6-12-9(15)8-7(11)5-13-14(8)4/h5H,6,11H2,1-4H3,(H,12,15). The van der Waals surface area contributed by atoms with Crippen LogP contribution in [0.5, 0.6) is 0 Å². The molecule has 0 bridgehead atoms. The molecule has 3 N–H and O–H groups in total. The quantitative estimate of drug-likeness (QED) is 0.757. The van der Waals surface area contributed by atoms with E-state index >= 15 is 0 Å². The van der Waals surface area contributed by atoms with Gasteiger partial charge in [-0.05, 0) is 5.41 Å². The Hall–Kier alpha value is -1.52. The summed E-state index contributed by atoms with van der Waals surface area (Å²) >= 11 is 0. The molecule has 1 aromatic rings. The van der Waals surface area contributed by atoms with Crippen LogP contribution in [0.25, 0.3) is 0 Å². The van der Waals surface area contributed by atoms with Crippen molar-refractivity contribution in [2.45, 2.75) is 20.8 Å². The molecule has 0 fully saturated rings. The Morgan fingerprint density at radius 3 is 2.60 bits per heavy atom. The fourth-order valence-electron chi connectivity index (χ4n) is 1.16. The molecule has 0 aliphatic rings. The number of aromatic nitrogens is 2. The third kappa shape index (κ3) is 2.97. The van der Waals surface area contributed by atoms with Crippen molar-refractivity contribution in [3.63, 3.8) is 0 Å². The molecule has 0 saturated heterocycles. The zero-order valence-electron chi connectivity index (χ0n) is 9.66. The predicted molar refractivity (Wildman–Crippen MR) is 59.4 cm³/mol. The van der Waals surface area contributed by atoms with E-state index in [0.29, 0.717) is 17.9 Å². The number of hydrogen-bond acceptors (Lipinski definition) is 3. The van der Waals surface area contributed by atoms with Gasteiger partial charge in [-0.1, -0.05) is 20.8 Å². The largest absolute Gasteiger partial charge is 0.396 e. The van der Waals surface area contributed by atoms with Gasteiger partial charge in [0.25, 0.3) is 5.91 Å². The van der Waals surface area contributed by atoms with Crippen LogP contribution in [-0.4, -0.2) is 22.2 Å². The van der Waals surface area contributed by atoms with Gasteiger partial charge in [-0.3, -0.25) is 9.48 Å². The second kappa shape index (κ2) is 3.92. The molecule has 0 radical (unpaired) electrons. The van der Waals surface area contributed by atoms with E-state index in [2.05, 4.69) is 31.2 Å². The molecule has 0 aliphatic heterocycles. The lowest BCUT2D eigenvalue weighted by atomic mass is 9.97. The highest BCUT2D eigenvalue weighted by Crippen LogP contribution is 2.12. The Morgan fingerprint density at radius 1 is 1.60 bits per heavy atom. The maximum Gasteiger partial charge on any atom is 0.271 e. The molecule has 0 aliphatic carbocycles. The van der Waals surface area contributed by atoms with E-state index in [-0.39, 0.29) is 11.3 Å². The van der Waals surface area contributed by atoms with E-state index in [1.54, 1.807) is 7.05 Å². The number of aryl methyl sites for hydroxylation is 1. The maximum absolute atomic E-state index is 11.7. The molecule has 0 saturated carbocycles. The SMILES string of the molecule is Cn1ncc(N)c1C(=O)NCC(C)(C)C. The van der Waals surface area contributed by atoms with Crippen LogP contribution in [0.4, 0.5) is 5.69 Å². The second-order valence-electron chi connectivity index (χ2n) is 4.82. The van der Waals surface area contributed by atoms with Crippen LogP contribution in [0, 0.1) is 5.41 Å². The summed E-state index contributed by atoms with van der Waals surface area (Å²) in [7, 11) is 1.70. The number of amides is 1. The van der Waals surface area contributed by atoms with Crippen LogP contribution in [-0.2, 0) is 7.05 Å². The first-order valence-electron chi connectivity index (χ1n) is 4.87. The molecule has 0 atom stereocenters. The topological polar surface area (TPSA) is 72.9 Å². The Morgan fingerprint density at radius 2 is 2.20 bits per heavy atom. The number of hydrogen-bond donors (Lipinski definition) is 2. The Labute approximate surface area is 89.6 Å². The third-order valence-corrected chi connectivity index (χ3v) is 1.96. The number of carbonyl (C=O) groups excluding carboxylic acids is 1. The maximum atomic E-state index is 11.7. The first-order valence-corrected chi connectivity index (χ1v) is 4.87. The molecule has 0 aromatic carbocycles. The Balaban J connectivity index is 2.70. The van der Waals surface area contributed by atoms with Crippen molar-refractivity contribution in [3.05, 3.63) is 11.9 Å². The van der Waals surface area contributed by atoms with Gasteiger partial charge < -0.3 is 11.1 Å². The van der Waals surface area contributed by atoms with Gasteiger partial charge in [-0.25, -0.2) is 0 Å². The molecular weight excluding hydrogens is 192 g/mol. The van der Waals surface area contributed by atoms with Gasteiger partial charge in [0.1, 0.15) is 5.69 Å². The number of nitrogens with one attached hydrogen (secondary N) is 1. The molecule has 1 heterocycles. The number of anilines is 1. The third-order valence-electron chi connectivity index (χ3n) is 1.96. The summed E-state index contributed by atoms with van der Waals surface area (Å²) in [6.07, 6.45) is 1.48. The first-order chi connectivity index (χ1) is 6.81. The minimum Gasteiger partial charge on any atom is -0.396 e. The molecule has 5 nitrogen and oxygen atoms in total. The lowest BCUT2D eigenvalue weighted by Gasteiger charge is -2.18. The van der Waals surface area contributed by atoms with E-state index in [0.717, 1.165) is 0 Å². The number of nitrogen functional groups attached to an aromatic ring is 1. The van der Waals surface area contributed by atoms with Crippen molar-refractivity contribution in [1.29, 1.82) is 0 Å². The van der Waals surface area contributed by atoms with Crippen LogP contribution in [0.3, 0.4) is 0 Å². The lowest BCUT2D eigenvalue weighted by Crippen LogP contribution is -2.33. The highest BCUT2D eigenvalue weighted by Gasteiger charge is 2.17. The number of carbonyl (C=O) groups is 1. The normalized spacial score (nSPS) is 11.5. The van der Waals surface area contributed by atoms with Gasteiger partial charge in [0.15, 0.2) is 0 Å². The molecule has 1 amide bonds. The first kappa shape index (κ1) is 11.6. The lowest BCUT2D eigenvalue weighted by molar-refractivity contribution is 0.0931. The van der Waals surface area contributed by atoms with E-state index in [1.165, 1.54) is 10.9 Å². The monoisotopic (exact) mass is 210 g/mol. The van der Waals surface area contributed by atoms with Gasteiger partial charge >= 0.3 is 0 Å². The molecule has 84 valence electrons. The van der Waals surface area contributed by atoms with Gasteiger partial charge in [-0.2, -0.15) is 5.10 Å². The minimum atomic E-state index is -0.178. The van der Waals surface area contributed by atoms with Crippen molar-refractivity contribution in [3.8, 4) is 0 Å². The van der Waals surface area contributed by atoms with Crippen molar-refractivity contribution in [2.24, 2.45) is 12.5 Å². The highest BCUT2D eigenvalue weighted by molar-refractivity contribution is 5.97. The van der Waals surface area contributed by atoms with Crippen LogP contribution in [0.1, 0.15) is 31.3 Å². The predicted octanol–water partition coefficient (Wildman–Crippen LogP) is 0.778. The average molecular weight is 210 g/mol. The molecule has 1 aromatic heterocycles. The van der Waals surface area contributed by atoms with E-state index < -0.39 is 0 Å². The van der Waals surface area contributed by atoms with Crippen LogP contribution < -0.4 is 11.1 Å². The fraction of sp³-hybridized carbons (Fsp3) is 0.600. The summed E-state index contributed by atoms with van der Waals surface area (Å²) in [5.74, 6) is -0.178.